The number of ketones is 1. The van der Waals surface area contributed by atoms with Gasteiger partial charge in [-0.15, -0.1) is 0 Å². The first-order chi connectivity index (χ1) is 10.3. The zero-order valence-electron chi connectivity index (χ0n) is 12.4. The van der Waals surface area contributed by atoms with Crippen molar-refractivity contribution in [2.24, 2.45) is 0 Å². The summed E-state index contributed by atoms with van der Waals surface area (Å²) in [6.07, 6.45) is 4.32. The Balaban J connectivity index is 2.20. The standard InChI is InChI=1S/C17H17NO3S/c1-13-6-3-4-7-14(13)10-11-17(19)15-8-5-9-16(12-15)18-22(2,20)21/h3-12,18H,1-2H3. The van der Waals surface area contributed by atoms with E-state index in [9.17, 15) is 13.2 Å². The summed E-state index contributed by atoms with van der Waals surface area (Å²) in [7, 11) is -3.36. The van der Waals surface area contributed by atoms with Crippen LogP contribution < -0.4 is 4.72 Å². The monoisotopic (exact) mass is 315 g/mol. The Morgan fingerprint density at radius 2 is 1.82 bits per heavy atom. The van der Waals surface area contributed by atoms with Gasteiger partial charge in [0.05, 0.1) is 6.26 Å². The number of hydrogen-bond donors (Lipinski definition) is 1. The van der Waals surface area contributed by atoms with E-state index < -0.39 is 10.0 Å². The summed E-state index contributed by atoms with van der Waals surface area (Å²) in [5.41, 5.74) is 2.86. The van der Waals surface area contributed by atoms with Crippen molar-refractivity contribution in [2.45, 2.75) is 6.92 Å². The second-order valence-electron chi connectivity index (χ2n) is 5.01. The van der Waals surface area contributed by atoms with E-state index in [1.165, 1.54) is 12.1 Å². The molecule has 0 heterocycles. The molecule has 0 saturated carbocycles. The van der Waals surface area contributed by atoms with Crippen molar-refractivity contribution in [3.63, 3.8) is 0 Å². The van der Waals surface area contributed by atoms with Gasteiger partial charge in [0, 0.05) is 11.3 Å². The molecule has 0 unspecified atom stereocenters. The number of carbonyl (C=O) groups is 1. The van der Waals surface area contributed by atoms with Gasteiger partial charge in [-0.3, -0.25) is 9.52 Å². The van der Waals surface area contributed by atoms with Gasteiger partial charge in [0.25, 0.3) is 0 Å². The lowest BCUT2D eigenvalue weighted by molar-refractivity contribution is 0.104. The highest BCUT2D eigenvalue weighted by Crippen LogP contribution is 2.14. The molecule has 2 aromatic rings. The van der Waals surface area contributed by atoms with Crippen LogP contribution in [-0.4, -0.2) is 20.5 Å². The Labute approximate surface area is 130 Å². The molecule has 0 aromatic heterocycles. The van der Waals surface area contributed by atoms with Crippen molar-refractivity contribution in [1.82, 2.24) is 0 Å². The quantitative estimate of drug-likeness (QED) is 0.680. The maximum Gasteiger partial charge on any atom is 0.229 e. The molecule has 22 heavy (non-hydrogen) atoms. The van der Waals surface area contributed by atoms with Crippen LogP contribution in [0.5, 0.6) is 0 Å². The molecular weight excluding hydrogens is 298 g/mol. The van der Waals surface area contributed by atoms with Gasteiger partial charge in [-0.05, 0) is 36.3 Å². The molecule has 2 rings (SSSR count). The van der Waals surface area contributed by atoms with Crippen molar-refractivity contribution in [1.29, 1.82) is 0 Å². The third-order valence-corrected chi connectivity index (χ3v) is 3.66. The minimum atomic E-state index is -3.36. The van der Waals surface area contributed by atoms with Crippen LogP contribution in [0.25, 0.3) is 6.08 Å². The first-order valence-electron chi connectivity index (χ1n) is 6.71. The molecular formula is C17H17NO3S. The average Bonchev–Trinajstić information content (AvgIpc) is 2.44. The van der Waals surface area contributed by atoms with Gasteiger partial charge in [-0.2, -0.15) is 0 Å². The largest absolute Gasteiger partial charge is 0.289 e. The molecule has 0 aliphatic carbocycles. The lowest BCUT2D eigenvalue weighted by atomic mass is 10.1. The van der Waals surface area contributed by atoms with E-state index in [1.807, 2.05) is 31.2 Å². The van der Waals surface area contributed by atoms with Crippen LogP contribution in [0.1, 0.15) is 21.5 Å². The number of anilines is 1. The van der Waals surface area contributed by atoms with Crippen molar-refractivity contribution in [2.75, 3.05) is 11.0 Å². The van der Waals surface area contributed by atoms with Gasteiger partial charge in [0.1, 0.15) is 0 Å². The number of sulfonamides is 1. The third-order valence-electron chi connectivity index (χ3n) is 3.05. The average molecular weight is 315 g/mol. The van der Waals surface area contributed by atoms with Crippen molar-refractivity contribution >= 4 is 27.6 Å². The second-order valence-corrected chi connectivity index (χ2v) is 6.76. The lowest BCUT2D eigenvalue weighted by Crippen LogP contribution is -2.10. The number of benzene rings is 2. The fourth-order valence-electron chi connectivity index (χ4n) is 1.99. The summed E-state index contributed by atoms with van der Waals surface area (Å²) in [4.78, 5) is 12.2. The predicted molar refractivity (Wildman–Crippen MR) is 89.5 cm³/mol. The number of nitrogens with one attached hydrogen (secondary N) is 1. The molecule has 5 heteroatoms. The Morgan fingerprint density at radius 3 is 2.50 bits per heavy atom. The summed E-state index contributed by atoms with van der Waals surface area (Å²) < 4.78 is 24.8. The van der Waals surface area contributed by atoms with E-state index in [1.54, 1.807) is 24.3 Å². The van der Waals surface area contributed by atoms with Gasteiger partial charge in [0.15, 0.2) is 5.78 Å². The molecule has 0 fully saturated rings. The fourth-order valence-corrected chi connectivity index (χ4v) is 2.54. The zero-order valence-corrected chi connectivity index (χ0v) is 13.2. The second kappa shape index (κ2) is 6.58. The van der Waals surface area contributed by atoms with Gasteiger partial charge >= 0.3 is 0 Å². The van der Waals surface area contributed by atoms with Gasteiger partial charge in [-0.25, -0.2) is 8.42 Å². The molecule has 0 aliphatic rings. The fraction of sp³-hybridized carbons (Fsp3) is 0.118. The summed E-state index contributed by atoms with van der Waals surface area (Å²) in [6.45, 7) is 1.97. The molecule has 0 radical (unpaired) electrons. The number of rotatable bonds is 5. The van der Waals surface area contributed by atoms with Crippen LogP contribution in [0.4, 0.5) is 5.69 Å². The van der Waals surface area contributed by atoms with E-state index in [-0.39, 0.29) is 5.78 Å². The molecule has 4 nitrogen and oxygen atoms in total. The molecule has 1 N–H and O–H groups in total. The maximum atomic E-state index is 12.2. The van der Waals surface area contributed by atoms with Crippen LogP contribution >= 0.6 is 0 Å². The van der Waals surface area contributed by atoms with Gasteiger partial charge in [-0.1, -0.05) is 42.5 Å². The van der Waals surface area contributed by atoms with E-state index in [0.717, 1.165) is 17.4 Å². The molecule has 0 bridgehead atoms. The zero-order chi connectivity index (χ0) is 16.2. The highest BCUT2D eigenvalue weighted by atomic mass is 32.2. The Morgan fingerprint density at radius 1 is 1.09 bits per heavy atom. The van der Waals surface area contributed by atoms with Crippen LogP contribution in [0.15, 0.2) is 54.6 Å². The maximum absolute atomic E-state index is 12.2. The van der Waals surface area contributed by atoms with Crippen LogP contribution in [0, 0.1) is 6.92 Å². The first-order valence-corrected chi connectivity index (χ1v) is 8.60. The van der Waals surface area contributed by atoms with Crippen molar-refractivity contribution < 1.29 is 13.2 Å². The molecule has 0 amide bonds. The van der Waals surface area contributed by atoms with Crippen LogP contribution in [0.3, 0.4) is 0 Å². The minimum absolute atomic E-state index is 0.180. The number of hydrogen-bond acceptors (Lipinski definition) is 3. The van der Waals surface area contributed by atoms with E-state index in [4.69, 9.17) is 0 Å². The molecule has 0 aliphatic heterocycles. The topological polar surface area (TPSA) is 63.2 Å². The van der Waals surface area contributed by atoms with Crippen LogP contribution in [-0.2, 0) is 10.0 Å². The number of carbonyl (C=O) groups excluding carboxylic acids is 1. The van der Waals surface area contributed by atoms with Gasteiger partial charge < -0.3 is 0 Å². The van der Waals surface area contributed by atoms with E-state index >= 15 is 0 Å². The minimum Gasteiger partial charge on any atom is -0.289 e. The van der Waals surface area contributed by atoms with E-state index in [0.29, 0.717) is 11.3 Å². The Kier molecular flexibility index (Phi) is 4.78. The number of allylic oxidation sites excluding steroid dienone is 1. The molecule has 0 atom stereocenters. The smallest absolute Gasteiger partial charge is 0.229 e. The summed E-state index contributed by atoms with van der Waals surface area (Å²) in [6, 6.07) is 14.2. The van der Waals surface area contributed by atoms with Crippen LogP contribution in [0.2, 0.25) is 0 Å². The highest BCUT2D eigenvalue weighted by molar-refractivity contribution is 7.92. The molecule has 0 spiro atoms. The van der Waals surface area contributed by atoms with Crippen molar-refractivity contribution in [3.8, 4) is 0 Å². The summed E-state index contributed by atoms with van der Waals surface area (Å²) >= 11 is 0. The molecule has 0 saturated heterocycles. The number of aryl methyl sites for hydroxylation is 1. The summed E-state index contributed by atoms with van der Waals surface area (Å²) in [5.74, 6) is -0.180. The van der Waals surface area contributed by atoms with E-state index in [2.05, 4.69) is 4.72 Å². The molecule has 114 valence electrons. The van der Waals surface area contributed by atoms with Gasteiger partial charge in [0.2, 0.25) is 10.0 Å². The SMILES string of the molecule is Cc1ccccc1C=CC(=O)c1cccc(NS(C)(=O)=O)c1. The first kappa shape index (κ1) is 16.0. The normalized spacial score (nSPS) is 11.5. The lowest BCUT2D eigenvalue weighted by Gasteiger charge is -2.05. The Bertz CT molecular complexity index is 823. The predicted octanol–water partition coefficient (Wildman–Crippen LogP) is 3.26. The van der Waals surface area contributed by atoms with Crippen molar-refractivity contribution in [3.05, 3.63) is 71.3 Å². The molecule has 2 aromatic carbocycles. The summed E-state index contributed by atoms with van der Waals surface area (Å²) in [5, 5.41) is 0. The Hall–Kier alpha value is -2.40. The highest BCUT2D eigenvalue weighted by Gasteiger charge is 2.06. The third kappa shape index (κ3) is 4.56.